The number of halogens is 1. The van der Waals surface area contributed by atoms with Gasteiger partial charge >= 0.3 is 0 Å². The van der Waals surface area contributed by atoms with Gasteiger partial charge in [0.1, 0.15) is 0 Å². The number of hydrogen-bond acceptors (Lipinski definition) is 7. The maximum atomic E-state index is 13.3. The summed E-state index contributed by atoms with van der Waals surface area (Å²) < 4.78 is 39.0. The van der Waals surface area contributed by atoms with Gasteiger partial charge in [0.15, 0.2) is 0 Å². The van der Waals surface area contributed by atoms with Gasteiger partial charge in [-0.2, -0.15) is 0 Å². The van der Waals surface area contributed by atoms with Crippen LogP contribution < -0.4 is 0 Å². The fourth-order valence-electron chi connectivity index (χ4n) is 4.21. The minimum atomic E-state index is -3.78. The van der Waals surface area contributed by atoms with Gasteiger partial charge in [0.2, 0.25) is 20.9 Å². The van der Waals surface area contributed by atoms with Crippen molar-refractivity contribution in [3.63, 3.8) is 0 Å². The van der Waals surface area contributed by atoms with Crippen LogP contribution in [0.2, 0.25) is 5.02 Å². The number of amides is 1. The normalized spacial score (nSPS) is 17.0. The Morgan fingerprint density at radius 1 is 1.23 bits per heavy atom. The molecule has 35 heavy (non-hydrogen) atoms. The number of nitrogens with zero attached hydrogens (tertiary/aromatic N) is 4. The maximum absolute atomic E-state index is 13.3. The van der Waals surface area contributed by atoms with Crippen molar-refractivity contribution in [2.45, 2.75) is 36.8 Å². The largest absolute Gasteiger partial charge is 0.383 e. The summed E-state index contributed by atoms with van der Waals surface area (Å²) in [6.45, 7) is 5.37. The molecule has 1 aliphatic heterocycles. The van der Waals surface area contributed by atoms with Crippen molar-refractivity contribution in [1.82, 2.24) is 19.4 Å². The van der Waals surface area contributed by atoms with E-state index in [-0.39, 0.29) is 22.7 Å². The van der Waals surface area contributed by atoms with Gasteiger partial charge in [-0.25, -0.2) is 13.4 Å². The van der Waals surface area contributed by atoms with E-state index in [4.69, 9.17) is 21.1 Å². The van der Waals surface area contributed by atoms with E-state index in [0.717, 1.165) is 32.5 Å². The SMILES string of the molecule is COCCn1c(CN(CCN2CCOCC2)C(=O)C2CC2)cnc1S(=O)(=O)Cc1ccccc1Cl. The standard InChI is InChI=1S/C24H33ClN4O5S/c1-33-13-12-29-21(16-26-24(29)35(31,32)18-20-4-2-3-5-22(20)25)17-28(23(30)19-6-7-19)9-8-27-10-14-34-15-11-27/h2-5,16,19H,6-15,17-18H2,1H3. The summed E-state index contributed by atoms with van der Waals surface area (Å²) in [4.78, 5) is 21.5. The van der Waals surface area contributed by atoms with Crippen molar-refractivity contribution in [3.05, 3.63) is 46.7 Å². The molecule has 1 aromatic heterocycles. The molecule has 0 bridgehead atoms. The zero-order valence-corrected chi connectivity index (χ0v) is 21.6. The monoisotopic (exact) mass is 524 g/mol. The second-order valence-corrected chi connectivity index (χ2v) is 11.3. The lowest BCUT2D eigenvalue weighted by molar-refractivity contribution is -0.133. The number of ether oxygens (including phenoxy) is 2. The molecule has 1 amide bonds. The van der Waals surface area contributed by atoms with Gasteiger partial charge in [0.05, 0.1) is 44.0 Å². The van der Waals surface area contributed by atoms with Crippen LogP contribution in [-0.2, 0) is 42.9 Å². The average molecular weight is 525 g/mol. The van der Waals surface area contributed by atoms with E-state index in [1.54, 1.807) is 42.1 Å². The van der Waals surface area contributed by atoms with Crippen LogP contribution in [0.5, 0.6) is 0 Å². The van der Waals surface area contributed by atoms with E-state index in [9.17, 15) is 13.2 Å². The molecule has 0 N–H and O–H groups in total. The van der Waals surface area contributed by atoms with Gasteiger partial charge in [-0.05, 0) is 24.5 Å². The van der Waals surface area contributed by atoms with Crippen molar-refractivity contribution >= 4 is 27.3 Å². The number of methoxy groups -OCH3 is 1. The number of carbonyl (C=O) groups excluding carboxylic acids is 1. The Hall–Kier alpha value is -1.98. The molecule has 1 saturated carbocycles. The highest BCUT2D eigenvalue weighted by molar-refractivity contribution is 7.90. The first-order valence-electron chi connectivity index (χ1n) is 12.0. The first-order valence-corrected chi connectivity index (χ1v) is 14.0. The van der Waals surface area contributed by atoms with Crippen molar-refractivity contribution in [2.75, 3.05) is 53.1 Å². The summed E-state index contributed by atoms with van der Waals surface area (Å²) in [5, 5.41) is 0.368. The van der Waals surface area contributed by atoms with Gasteiger partial charge in [0, 0.05) is 50.8 Å². The van der Waals surface area contributed by atoms with Crippen LogP contribution in [0.4, 0.5) is 0 Å². The number of sulfone groups is 1. The molecule has 11 heteroatoms. The smallest absolute Gasteiger partial charge is 0.228 e. The summed E-state index contributed by atoms with van der Waals surface area (Å²) >= 11 is 6.22. The first kappa shape index (κ1) is 26.1. The van der Waals surface area contributed by atoms with Crippen LogP contribution in [0.15, 0.2) is 35.6 Å². The summed E-state index contributed by atoms with van der Waals surface area (Å²) in [6, 6.07) is 6.89. The van der Waals surface area contributed by atoms with Gasteiger partial charge in [-0.1, -0.05) is 29.8 Å². The van der Waals surface area contributed by atoms with Crippen LogP contribution in [0.3, 0.4) is 0 Å². The molecule has 0 unspecified atom stereocenters. The highest BCUT2D eigenvalue weighted by Gasteiger charge is 2.34. The molecule has 2 aliphatic rings. The van der Waals surface area contributed by atoms with Gasteiger partial charge in [-0.15, -0.1) is 0 Å². The predicted octanol–water partition coefficient (Wildman–Crippen LogP) is 2.23. The molecule has 1 saturated heterocycles. The lowest BCUT2D eigenvalue weighted by Gasteiger charge is -2.30. The zero-order chi connectivity index (χ0) is 24.8. The van der Waals surface area contributed by atoms with Gasteiger partial charge < -0.3 is 18.9 Å². The molecule has 0 atom stereocenters. The molecule has 9 nitrogen and oxygen atoms in total. The molecule has 2 fully saturated rings. The van der Waals surface area contributed by atoms with E-state index in [2.05, 4.69) is 9.88 Å². The van der Waals surface area contributed by atoms with Gasteiger partial charge in [0.25, 0.3) is 0 Å². The van der Waals surface area contributed by atoms with Crippen LogP contribution in [0.25, 0.3) is 0 Å². The third-order valence-corrected chi connectivity index (χ3v) is 8.33. The van der Waals surface area contributed by atoms with E-state index >= 15 is 0 Å². The molecular weight excluding hydrogens is 492 g/mol. The Kier molecular flexibility index (Phi) is 8.82. The van der Waals surface area contributed by atoms with E-state index in [0.29, 0.717) is 55.7 Å². The number of carbonyl (C=O) groups is 1. The van der Waals surface area contributed by atoms with Crippen LogP contribution >= 0.6 is 11.6 Å². The molecule has 4 rings (SSSR count). The number of morpholine rings is 1. The number of rotatable bonds is 12. The van der Waals surface area contributed by atoms with E-state index in [1.165, 1.54) is 0 Å². The third-order valence-electron chi connectivity index (χ3n) is 6.38. The number of benzene rings is 1. The van der Waals surface area contributed by atoms with E-state index < -0.39 is 9.84 Å². The van der Waals surface area contributed by atoms with Gasteiger partial charge in [-0.3, -0.25) is 9.69 Å². The second kappa shape index (κ2) is 11.8. The topological polar surface area (TPSA) is 94.0 Å². The Morgan fingerprint density at radius 3 is 2.66 bits per heavy atom. The van der Waals surface area contributed by atoms with Crippen LogP contribution in [0, 0.1) is 5.92 Å². The Balaban J connectivity index is 1.56. The Labute approximate surface area is 211 Å². The summed E-state index contributed by atoms with van der Waals surface area (Å²) in [7, 11) is -2.21. The van der Waals surface area contributed by atoms with Crippen LogP contribution in [-0.4, -0.2) is 86.8 Å². The lowest BCUT2D eigenvalue weighted by Crippen LogP contribution is -2.43. The highest BCUT2D eigenvalue weighted by Crippen LogP contribution is 2.32. The molecule has 1 aliphatic carbocycles. The Bertz CT molecular complexity index is 1110. The molecule has 0 spiro atoms. The Morgan fingerprint density at radius 2 is 1.97 bits per heavy atom. The maximum Gasteiger partial charge on any atom is 0.228 e. The summed E-state index contributed by atoms with van der Waals surface area (Å²) in [5.74, 6) is -0.0607. The molecule has 2 aromatic rings. The van der Waals surface area contributed by atoms with Crippen LogP contribution in [0.1, 0.15) is 24.1 Å². The zero-order valence-electron chi connectivity index (χ0n) is 20.1. The number of aromatic nitrogens is 2. The molecule has 0 radical (unpaired) electrons. The van der Waals surface area contributed by atoms with Crippen molar-refractivity contribution in [1.29, 1.82) is 0 Å². The summed E-state index contributed by atoms with van der Waals surface area (Å²) in [5.41, 5.74) is 1.20. The van der Waals surface area contributed by atoms with E-state index in [1.807, 2.05) is 4.90 Å². The summed E-state index contributed by atoms with van der Waals surface area (Å²) in [6.07, 6.45) is 3.39. The number of imidazole rings is 1. The quantitative estimate of drug-likeness (QED) is 0.420. The van der Waals surface area contributed by atoms with Crippen molar-refractivity contribution in [2.24, 2.45) is 5.92 Å². The second-order valence-electron chi connectivity index (χ2n) is 9.02. The highest BCUT2D eigenvalue weighted by atomic mass is 35.5. The average Bonchev–Trinajstić information content (AvgIpc) is 3.62. The molecule has 1 aromatic carbocycles. The minimum Gasteiger partial charge on any atom is -0.383 e. The minimum absolute atomic E-state index is 0.0310. The molecule has 192 valence electrons. The van der Waals surface area contributed by atoms with Crippen molar-refractivity contribution in [3.8, 4) is 0 Å². The predicted molar refractivity (Wildman–Crippen MR) is 132 cm³/mol. The molecular formula is C24H33ClN4O5S. The molecule has 2 heterocycles. The fraction of sp³-hybridized carbons (Fsp3) is 0.583. The fourth-order valence-corrected chi connectivity index (χ4v) is 6.04. The third kappa shape index (κ3) is 6.83. The first-order chi connectivity index (χ1) is 16.9. The lowest BCUT2D eigenvalue weighted by atomic mass is 10.2. The van der Waals surface area contributed by atoms with Crippen molar-refractivity contribution < 1.29 is 22.7 Å². The number of hydrogen-bond donors (Lipinski definition) is 0.